The Balaban J connectivity index is 1.82. The van der Waals surface area contributed by atoms with E-state index in [4.69, 9.17) is 4.74 Å². The molecule has 34 heavy (non-hydrogen) atoms. The van der Waals surface area contributed by atoms with Crippen molar-refractivity contribution < 1.29 is 19.1 Å². The van der Waals surface area contributed by atoms with E-state index < -0.39 is 17.8 Å². The highest BCUT2D eigenvalue weighted by Crippen LogP contribution is 2.42. The maximum atomic E-state index is 13.3. The van der Waals surface area contributed by atoms with E-state index in [-0.39, 0.29) is 11.1 Å². The van der Waals surface area contributed by atoms with Gasteiger partial charge in [0, 0.05) is 33.9 Å². The SMILES string of the molecule is CCN1c2cc(OC)c(/C=C3/C(=O)NC(=O)N(c4ccc(Br)cc4)C3=O)cc2C(C)=CC1(C)C. The van der Waals surface area contributed by atoms with Gasteiger partial charge in [0.2, 0.25) is 0 Å². The smallest absolute Gasteiger partial charge is 0.335 e. The molecular weight excluding hydrogens is 498 g/mol. The van der Waals surface area contributed by atoms with E-state index in [0.717, 1.165) is 32.7 Å². The van der Waals surface area contributed by atoms with Crippen LogP contribution in [0.15, 0.2) is 52.5 Å². The number of methoxy groups -OCH3 is 1. The number of benzene rings is 2. The second kappa shape index (κ2) is 8.76. The van der Waals surface area contributed by atoms with Gasteiger partial charge in [0.05, 0.1) is 18.3 Å². The van der Waals surface area contributed by atoms with Crippen LogP contribution < -0.4 is 19.9 Å². The Morgan fingerprint density at radius 1 is 1.12 bits per heavy atom. The zero-order chi connectivity index (χ0) is 24.8. The molecule has 2 heterocycles. The highest BCUT2D eigenvalue weighted by molar-refractivity contribution is 9.10. The summed E-state index contributed by atoms with van der Waals surface area (Å²) < 4.78 is 6.45. The molecule has 4 rings (SSSR count). The molecule has 176 valence electrons. The Morgan fingerprint density at radius 3 is 2.41 bits per heavy atom. The Morgan fingerprint density at radius 2 is 1.79 bits per heavy atom. The first-order valence-corrected chi connectivity index (χ1v) is 11.7. The number of barbiturate groups is 1. The zero-order valence-electron chi connectivity index (χ0n) is 19.7. The van der Waals surface area contributed by atoms with E-state index in [0.29, 0.717) is 17.0 Å². The number of rotatable bonds is 4. The van der Waals surface area contributed by atoms with E-state index in [1.165, 1.54) is 6.08 Å². The van der Waals surface area contributed by atoms with Gasteiger partial charge in [0.25, 0.3) is 11.8 Å². The average molecular weight is 524 g/mol. The van der Waals surface area contributed by atoms with Crippen LogP contribution in [0.25, 0.3) is 11.6 Å². The Kier molecular flexibility index (Phi) is 6.12. The lowest BCUT2D eigenvalue weighted by atomic mass is 9.87. The maximum absolute atomic E-state index is 13.3. The summed E-state index contributed by atoms with van der Waals surface area (Å²) in [7, 11) is 1.55. The van der Waals surface area contributed by atoms with Gasteiger partial charge in [0.1, 0.15) is 11.3 Å². The first-order valence-electron chi connectivity index (χ1n) is 10.9. The summed E-state index contributed by atoms with van der Waals surface area (Å²) in [5.41, 5.74) is 3.75. The number of imide groups is 2. The van der Waals surface area contributed by atoms with Crippen molar-refractivity contribution in [3.05, 3.63) is 63.6 Å². The van der Waals surface area contributed by atoms with E-state index in [9.17, 15) is 14.4 Å². The van der Waals surface area contributed by atoms with Gasteiger partial charge in [-0.25, -0.2) is 9.69 Å². The van der Waals surface area contributed by atoms with Crippen LogP contribution in [0.1, 0.15) is 38.8 Å². The standard InChI is InChI=1S/C26H26BrN3O4/c1-6-29-21-13-22(34-5)16(11-19(21)15(2)14-26(29,3)4)12-20-23(31)28-25(33)30(24(20)32)18-9-7-17(27)8-10-18/h7-14H,6H2,1-5H3,(H,28,31,33)/b20-12-. The molecule has 2 aliphatic heterocycles. The van der Waals surface area contributed by atoms with Gasteiger partial charge in [-0.05, 0) is 69.7 Å². The molecule has 0 saturated carbocycles. The molecule has 1 saturated heterocycles. The van der Waals surface area contributed by atoms with Gasteiger partial charge in [-0.15, -0.1) is 0 Å². The minimum Gasteiger partial charge on any atom is -0.496 e. The van der Waals surface area contributed by atoms with Crippen molar-refractivity contribution in [3.63, 3.8) is 0 Å². The van der Waals surface area contributed by atoms with E-state index in [1.807, 2.05) is 19.1 Å². The molecular formula is C26H26BrN3O4. The molecule has 2 aliphatic rings. The Labute approximate surface area is 207 Å². The number of carbonyl (C=O) groups excluding carboxylic acids is 3. The molecule has 0 aromatic heterocycles. The molecule has 7 nitrogen and oxygen atoms in total. The summed E-state index contributed by atoms with van der Waals surface area (Å²) in [5.74, 6) is -0.908. The molecule has 2 aromatic carbocycles. The number of ether oxygens (including phenoxy) is 1. The third kappa shape index (κ3) is 4.03. The van der Waals surface area contributed by atoms with Crippen LogP contribution in [0.2, 0.25) is 0 Å². The van der Waals surface area contributed by atoms with Crippen LogP contribution in [0.4, 0.5) is 16.2 Å². The van der Waals surface area contributed by atoms with Gasteiger partial charge in [0.15, 0.2) is 0 Å². The van der Waals surface area contributed by atoms with Crippen molar-refractivity contribution in [1.82, 2.24) is 5.32 Å². The number of likely N-dealkylation sites (N-methyl/N-ethyl adjacent to an activating group) is 1. The lowest BCUT2D eigenvalue weighted by Gasteiger charge is -2.43. The molecule has 0 aliphatic carbocycles. The summed E-state index contributed by atoms with van der Waals surface area (Å²) in [4.78, 5) is 41.7. The van der Waals surface area contributed by atoms with Gasteiger partial charge >= 0.3 is 6.03 Å². The van der Waals surface area contributed by atoms with Gasteiger partial charge < -0.3 is 9.64 Å². The molecule has 0 spiro atoms. The highest BCUT2D eigenvalue weighted by atomic mass is 79.9. The van der Waals surface area contributed by atoms with E-state index in [2.05, 4.69) is 53.0 Å². The third-order valence-corrected chi connectivity index (χ3v) is 6.66. The number of urea groups is 1. The molecule has 8 heteroatoms. The molecule has 2 aromatic rings. The van der Waals surface area contributed by atoms with Crippen molar-refractivity contribution in [1.29, 1.82) is 0 Å². The monoisotopic (exact) mass is 523 g/mol. The average Bonchev–Trinajstić information content (AvgIpc) is 2.77. The van der Waals surface area contributed by atoms with Crippen molar-refractivity contribution in [2.24, 2.45) is 0 Å². The molecule has 1 N–H and O–H groups in total. The Bertz CT molecular complexity index is 1260. The number of halogens is 1. The lowest BCUT2D eigenvalue weighted by molar-refractivity contribution is -0.122. The van der Waals surface area contributed by atoms with Gasteiger partial charge in [-0.2, -0.15) is 0 Å². The molecule has 0 bridgehead atoms. The lowest BCUT2D eigenvalue weighted by Crippen LogP contribution is -2.54. The molecule has 1 fully saturated rings. The largest absolute Gasteiger partial charge is 0.496 e. The van der Waals surface area contributed by atoms with Crippen LogP contribution in [0.5, 0.6) is 5.75 Å². The number of hydrogen-bond acceptors (Lipinski definition) is 5. The zero-order valence-corrected chi connectivity index (χ0v) is 21.3. The summed E-state index contributed by atoms with van der Waals surface area (Å²) in [6.07, 6.45) is 3.69. The molecule has 0 unspecified atom stereocenters. The summed E-state index contributed by atoms with van der Waals surface area (Å²) >= 11 is 3.34. The fourth-order valence-corrected chi connectivity index (χ4v) is 4.89. The second-order valence-corrected chi connectivity index (χ2v) is 9.69. The summed E-state index contributed by atoms with van der Waals surface area (Å²) in [5, 5.41) is 2.27. The van der Waals surface area contributed by atoms with E-state index in [1.54, 1.807) is 31.4 Å². The number of nitrogens with zero attached hydrogens (tertiary/aromatic N) is 2. The predicted molar refractivity (Wildman–Crippen MR) is 137 cm³/mol. The van der Waals surface area contributed by atoms with Crippen molar-refractivity contribution in [2.45, 2.75) is 33.2 Å². The number of allylic oxidation sites excluding steroid dienone is 1. The van der Waals surface area contributed by atoms with Crippen LogP contribution >= 0.6 is 15.9 Å². The first-order chi connectivity index (χ1) is 16.1. The molecule has 0 atom stereocenters. The Hall–Kier alpha value is -3.39. The van der Waals surface area contributed by atoms with Crippen molar-refractivity contribution >= 4 is 56.8 Å². The van der Waals surface area contributed by atoms with Crippen molar-refractivity contribution in [2.75, 3.05) is 23.5 Å². The fraction of sp³-hybridized carbons (Fsp3) is 0.269. The summed E-state index contributed by atoms with van der Waals surface area (Å²) in [6.45, 7) is 9.26. The quantitative estimate of drug-likeness (QED) is 0.443. The molecule has 4 amide bonds. The van der Waals surface area contributed by atoms with Gasteiger partial charge in [-0.3, -0.25) is 14.9 Å². The van der Waals surface area contributed by atoms with Gasteiger partial charge in [-0.1, -0.05) is 22.0 Å². The normalized spacial score (nSPS) is 18.6. The second-order valence-electron chi connectivity index (χ2n) is 8.77. The van der Waals surface area contributed by atoms with Crippen LogP contribution in [-0.4, -0.2) is 37.0 Å². The minimum atomic E-state index is -0.786. The maximum Gasteiger partial charge on any atom is 0.335 e. The number of hydrogen-bond donors (Lipinski definition) is 1. The number of carbonyl (C=O) groups is 3. The van der Waals surface area contributed by atoms with Crippen molar-refractivity contribution in [3.8, 4) is 5.75 Å². The summed E-state index contributed by atoms with van der Waals surface area (Å²) in [6, 6.07) is 9.77. The number of fused-ring (bicyclic) bond motifs is 1. The fourth-order valence-electron chi connectivity index (χ4n) is 4.63. The van der Waals surface area contributed by atoms with E-state index >= 15 is 0 Å². The number of amides is 4. The predicted octanol–water partition coefficient (Wildman–Crippen LogP) is 5.15. The topological polar surface area (TPSA) is 79.0 Å². The first kappa shape index (κ1) is 23.8. The minimum absolute atomic E-state index is 0.147. The van der Waals surface area contributed by atoms with Crippen LogP contribution in [0, 0.1) is 0 Å². The number of anilines is 2. The van der Waals surface area contributed by atoms with Crippen LogP contribution in [-0.2, 0) is 9.59 Å². The molecule has 0 radical (unpaired) electrons. The highest BCUT2D eigenvalue weighted by Gasteiger charge is 2.37. The number of nitrogens with one attached hydrogen (secondary N) is 1. The van der Waals surface area contributed by atoms with Crippen LogP contribution in [0.3, 0.4) is 0 Å². The third-order valence-electron chi connectivity index (χ3n) is 6.13.